The Morgan fingerprint density at radius 3 is 2.72 bits per heavy atom. The third-order valence-corrected chi connectivity index (χ3v) is 4.22. The highest BCUT2D eigenvalue weighted by atomic mass is 15.2. The number of nitrogens with two attached hydrogens (primary N) is 1. The summed E-state index contributed by atoms with van der Waals surface area (Å²) in [6.07, 6.45) is 7.24. The monoisotopic (exact) mass is 244 g/mol. The molecule has 4 nitrogen and oxygen atoms in total. The van der Waals surface area contributed by atoms with Gasteiger partial charge < -0.3 is 10.6 Å². The molecule has 1 aromatic heterocycles. The highest BCUT2D eigenvalue weighted by Gasteiger charge is 2.31. The summed E-state index contributed by atoms with van der Waals surface area (Å²) in [5.41, 5.74) is 6.43. The maximum Gasteiger partial charge on any atom is 0.139 e. The van der Waals surface area contributed by atoms with E-state index in [0.29, 0.717) is 0 Å². The van der Waals surface area contributed by atoms with Crippen LogP contribution < -0.4 is 10.6 Å². The number of aromatic nitrogens is 1. The van der Waals surface area contributed by atoms with Crippen LogP contribution in [-0.4, -0.2) is 23.9 Å². The summed E-state index contributed by atoms with van der Waals surface area (Å²) in [7, 11) is 0. The first-order valence-corrected chi connectivity index (χ1v) is 6.78. The highest BCUT2D eigenvalue weighted by Crippen LogP contribution is 2.36. The molecular formula is C14H20N4. The van der Waals surface area contributed by atoms with Gasteiger partial charge in [0.05, 0.1) is 5.56 Å². The standard InChI is InChI=1S/C14H20N4/c15-13(16)12-5-2-6-17-14(12)18-8-10-3-1-4-11(7-10)9-18/h2,5-6,10-11H,1,3-4,7-9H2,(H3,15,16). The minimum atomic E-state index is 0.119. The Balaban J connectivity index is 1.88. The van der Waals surface area contributed by atoms with Crippen LogP contribution in [0.4, 0.5) is 5.82 Å². The quantitative estimate of drug-likeness (QED) is 0.617. The summed E-state index contributed by atoms with van der Waals surface area (Å²) in [5.74, 6) is 2.63. The zero-order chi connectivity index (χ0) is 12.5. The fourth-order valence-electron chi connectivity index (χ4n) is 3.46. The van der Waals surface area contributed by atoms with Gasteiger partial charge in [0, 0.05) is 19.3 Å². The van der Waals surface area contributed by atoms with Gasteiger partial charge in [0.25, 0.3) is 0 Å². The second kappa shape index (κ2) is 4.59. The topological polar surface area (TPSA) is 66.0 Å². The van der Waals surface area contributed by atoms with Crippen molar-refractivity contribution in [3.63, 3.8) is 0 Å². The second-order valence-electron chi connectivity index (χ2n) is 5.59. The number of pyridine rings is 1. The molecule has 96 valence electrons. The summed E-state index contributed by atoms with van der Waals surface area (Å²) in [6, 6.07) is 3.75. The Bertz CT molecular complexity index is 445. The second-order valence-corrected chi connectivity index (χ2v) is 5.59. The molecule has 2 aliphatic rings. The van der Waals surface area contributed by atoms with Crippen molar-refractivity contribution in [2.75, 3.05) is 18.0 Å². The Labute approximate surface area is 108 Å². The molecule has 1 aliphatic carbocycles. The molecule has 0 radical (unpaired) electrons. The van der Waals surface area contributed by atoms with Crippen molar-refractivity contribution >= 4 is 11.7 Å². The van der Waals surface area contributed by atoms with Crippen molar-refractivity contribution in [1.29, 1.82) is 5.41 Å². The Morgan fingerprint density at radius 1 is 1.33 bits per heavy atom. The van der Waals surface area contributed by atoms with E-state index in [0.717, 1.165) is 36.3 Å². The molecule has 2 atom stereocenters. The zero-order valence-electron chi connectivity index (χ0n) is 10.6. The van der Waals surface area contributed by atoms with Crippen LogP contribution in [0.15, 0.2) is 18.3 Å². The molecule has 3 N–H and O–H groups in total. The van der Waals surface area contributed by atoms with Gasteiger partial charge in [-0.2, -0.15) is 0 Å². The third-order valence-electron chi connectivity index (χ3n) is 4.22. The van der Waals surface area contributed by atoms with Gasteiger partial charge in [0.15, 0.2) is 0 Å². The third kappa shape index (κ3) is 2.07. The number of nitrogens with one attached hydrogen (secondary N) is 1. The van der Waals surface area contributed by atoms with Gasteiger partial charge >= 0.3 is 0 Å². The molecular weight excluding hydrogens is 224 g/mol. The number of nitrogens with zero attached hydrogens (tertiary/aromatic N) is 2. The molecule has 2 bridgehead atoms. The summed E-state index contributed by atoms with van der Waals surface area (Å²) >= 11 is 0. The predicted octanol–water partition coefficient (Wildman–Crippen LogP) is 1.99. The molecule has 2 unspecified atom stereocenters. The van der Waals surface area contributed by atoms with Gasteiger partial charge in [-0.15, -0.1) is 0 Å². The van der Waals surface area contributed by atoms with Crippen molar-refractivity contribution < 1.29 is 0 Å². The van der Waals surface area contributed by atoms with Crippen molar-refractivity contribution in [2.45, 2.75) is 25.7 Å². The summed E-state index contributed by atoms with van der Waals surface area (Å²) < 4.78 is 0. The maximum absolute atomic E-state index is 7.67. The van der Waals surface area contributed by atoms with E-state index in [1.807, 2.05) is 12.1 Å². The number of nitrogen functional groups attached to an aromatic ring is 1. The van der Waals surface area contributed by atoms with E-state index in [1.54, 1.807) is 6.20 Å². The Hall–Kier alpha value is -1.58. The summed E-state index contributed by atoms with van der Waals surface area (Å²) in [6.45, 7) is 2.15. The molecule has 0 spiro atoms. The van der Waals surface area contributed by atoms with Crippen LogP contribution in [0.25, 0.3) is 0 Å². The summed E-state index contributed by atoms with van der Waals surface area (Å²) in [4.78, 5) is 6.80. The van der Waals surface area contributed by atoms with Crippen LogP contribution >= 0.6 is 0 Å². The molecule has 2 heterocycles. The predicted molar refractivity (Wildman–Crippen MR) is 72.9 cm³/mol. The first-order chi connectivity index (χ1) is 8.74. The summed E-state index contributed by atoms with van der Waals surface area (Å²) in [5, 5.41) is 7.67. The van der Waals surface area contributed by atoms with Gasteiger partial charge in [0.1, 0.15) is 11.7 Å². The fraction of sp³-hybridized carbons (Fsp3) is 0.571. The van der Waals surface area contributed by atoms with Gasteiger partial charge in [-0.05, 0) is 43.2 Å². The molecule has 0 amide bonds. The van der Waals surface area contributed by atoms with Gasteiger partial charge in [0.2, 0.25) is 0 Å². The van der Waals surface area contributed by atoms with Crippen LogP contribution in [0.1, 0.15) is 31.2 Å². The molecule has 18 heavy (non-hydrogen) atoms. The number of hydrogen-bond acceptors (Lipinski definition) is 3. The van der Waals surface area contributed by atoms with E-state index in [9.17, 15) is 0 Å². The van der Waals surface area contributed by atoms with Crippen LogP contribution in [0.5, 0.6) is 0 Å². The first-order valence-electron chi connectivity index (χ1n) is 6.78. The van der Waals surface area contributed by atoms with Crippen molar-refractivity contribution in [3.8, 4) is 0 Å². The lowest BCUT2D eigenvalue weighted by molar-refractivity contribution is 0.230. The minimum Gasteiger partial charge on any atom is -0.384 e. The van der Waals surface area contributed by atoms with Crippen molar-refractivity contribution in [3.05, 3.63) is 23.9 Å². The van der Waals surface area contributed by atoms with E-state index >= 15 is 0 Å². The molecule has 3 rings (SSSR count). The van der Waals surface area contributed by atoms with Gasteiger partial charge in [-0.3, -0.25) is 5.41 Å². The van der Waals surface area contributed by atoms with E-state index in [2.05, 4.69) is 9.88 Å². The van der Waals surface area contributed by atoms with Crippen LogP contribution in [0.2, 0.25) is 0 Å². The molecule has 4 heteroatoms. The molecule has 2 fully saturated rings. The Kier molecular flexibility index (Phi) is 2.94. The number of hydrogen-bond donors (Lipinski definition) is 2. The average Bonchev–Trinajstić information content (AvgIpc) is 2.38. The van der Waals surface area contributed by atoms with Crippen molar-refractivity contribution in [2.24, 2.45) is 17.6 Å². The number of fused-ring (bicyclic) bond motifs is 2. The van der Waals surface area contributed by atoms with E-state index < -0.39 is 0 Å². The lowest BCUT2D eigenvalue weighted by Gasteiger charge is -2.42. The normalized spacial score (nSPS) is 27.0. The first kappa shape index (κ1) is 11.5. The Morgan fingerprint density at radius 2 is 2.06 bits per heavy atom. The largest absolute Gasteiger partial charge is 0.384 e. The van der Waals surface area contributed by atoms with Gasteiger partial charge in [-0.25, -0.2) is 4.98 Å². The minimum absolute atomic E-state index is 0.119. The fourth-order valence-corrected chi connectivity index (χ4v) is 3.46. The van der Waals surface area contributed by atoms with Crippen LogP contribution in [0, 0.1) is 17.2 Å². The lowest BCUT2D eigenvalue weighted by Crippen LogP contribution is -2.43. The number of piperidine rings is 1. The van der Waals surface area contributed by atoms with E-state index in [-0.39, 0.29) is 5.84 Å². The SMILES string of the molecule is N=C(N)c1cccnc1N1CC2CCCC(C2)C1. The average molecular weight is 244 g/mol. The maximum atomic E-state index is 7.67. The smallest absolute Gasteiger partial charge is 0.139 e. The zero-order valence-corrected chi connectivity index (χ0v) is 10.6. The lowest BCUT2D eigenvalue weighted by atomic mass is 9.78. The number of amidine groups is 1. The number of rotatable bonds is 2. The molecule has 1 aliphatic heterocycles. The molecule has 1 saturated carbocycles. The van der Waals surface area contributed by atoms with Crippen LogP contribution in [0.3, 0.4) is 0 Å². The van der Waals surface area contributed by atoms with E-state index in [4.69, 9.17) is 11.1 Å². The van der Waals surface area contributed by atoms with Crippen LogP contribution in [-0.2, 0) is 0 Å². The highest BCUT2D eigenvalue weighted by molar-refractivity contribution is 5.99. The molecule has 0 aromatic carbocycles. The molecule has 1 aromatic rings. The van der Waals surface area contributed by atoms with Gasteiger partial charge in [-0.1, -0.05) is 6.42 Å². The number of anilines is 1. The molecule has 1 saturated heterocycles. The van der Waals surface area contributed by atoms with E-state index in [1.165, 1.54) is 25.7 Å². The van der Waals surface area contributed by atoms with Crippen molar-refractivity contribution in [1.82, 2.24) is 4.98 Å².